The fourth-order valence-electron chi connectivity index (χ4n) is 3.09. The fraction of sp³-hybridized carbons (Fsp3) is 0.833. The number of hydrogen-bond acceptors (Lipinski definition) is 2. The Bertz CT molecular complexity index is 403. The Balaban J connectivity index is 1.68. The van der Waals surface area contributed by atoms with E-state index >= 15 is 0 Å². The maximum Gasteiger partial charge on any atom is 0.0524 e. The van der Waals surface area contributed by atoms with Crippen molar-refractivity contribution in [2.75, 3.05) is 13.2 Å². The van der Waals surface area contributed by atoms with Gasteiger partial charge in [-0.2, -0.15) is 5.10 Å². The maximum absolute atomic E-state index is 5.80. The highest BCUT2D eigenvalue weighted by Gasteiger charge is 2.22. The molecule has 120 valence electrons. The number of rotatable bonds is 7. The third-order valence-corrected chi connectivity index (χ3v) is 4.54. The zero-order valence-corrected chi connectivity index (χ0v) is 14.2. The molecule has 3 nitrogen and oxygen atoms in total. The van der Waals surface area contributed by atoms with Crippen molar-refractivity contribution in [2.45, 2.75) is 65.8 Å². The van der Waals surface area contributed by atoms with Gasteiger partial charge in [-0.05, 0) is 54.9 Å². The van der Waals surface area contributed by atoms with Crippen LogP contribution in [0, 0.1) is 17.8 Å². The summed E-state index contributed by atoms with van der Waals surface area (Å²) in [4.78, 5) is 0. The largest absolute Gasteiger partial charge is 0.381 e. The Morgan fingerprint density at radius 1 is 1.14 bits per heavy atom. The Labute approximate surface area is 130 Å². The Hall–Kier alpha value is -0.830. The first-order valence-corrected chi connectivity index (χ1v) is 8.64. The molecule has 0 atom stereocenters. The molecule has 0 bridgehead atoms. The number of aromatic nitrogens is 2. The first-order valence-electron chi connectivity index (χ1n) is 8.64. The molecular weight excluding hydrogens is 260 g/mol. The van der Waals surface area contributed by atoms with Crippen LogP contribution in [0.1, 0.15) is 64.9 Å². The molecule has 0 aromatic carbocycles. The van der Waals surface area contributed by atoms with Crippen molar-refractivity contribution in [1.29, 1.82) is 0 Å². The lowest BCUT2D eigenvalue weighted by molar-refractivity contribution is 0.0601. The summed E-state index contributed by atoms with van der Waals surface area (Å²) in [6.07, 6.45) is 9.54. The van der Waals surface area contributed by atoms with E-state index in [1.165, 1.54) is 31.2 Å². The van der Waals surface area contributed by atoms with Crippen molar-refractivity contribution >= 4 is 0 Å². The van der Waals surface area contributed by atoms with Crippen LogP contribution in [-0.2, 0) is 11.3 Å². The van der Waals surface area contributed by atoms with Gasteiger partial charge in [-0.25, -0.2) is 0 Å². The van der Waals surface area contributed by atoms with Gasteiger partial charge in [0.1, 0.15) is 0 Å². The van der Waals surface area contributed by atoms with E-state index in [0.717, 1.165) is 31.6 Å². The lowest BCUT2D eigenvalue weighted by atomic mass is 9.82. The summed E-state index contributed by atoms with van der Waals surface area (Å²) < 4.78 is 7.95. The molecule has 0 saturated heterocycles. The minimum Gasteiger partial charge on any atom is -0.381 e. The van der Waals surface area contributed by atoms with E-state index in [1.54, 1.807) is 0 Å². The van der Waals surface area contributed by atoms with Crippen molar-refractivity contribution in [3.05, 3.63) is 18.0 Å². The van der Waals surface area contributed by atoms with Gasteiger partial charge in [0, 0.05) is 26.0 Å². The van der Waals surface area contributed by atoms with E-state index in [2.05, 4.69) is 43.7 Å². The highest BCUT2D eigenvalue weighted by atomic mass is 16.5. The van der Waals surface area contributed by atoms with Crippen molar-refractivity contribution in [3.63, 3.8) is 0 Å². The van der Waals surface area contributed by atoms with E-state index in [0.29, 0.717) is 11.8 Å². The average molecular weight is 292 g/mol. The highest BCUT2D eigenvalue weighted by Crippen LogP contribution is 2.30. The Kier molecular flexibility index (Phi) is 6.28. The number of nitrogens with zero attached hydrogens (tertiary/aromatic N) is 2. The van der Waals surface area contributed by atoms with Gasteiger partial charge in [0.05, 0.1) is 6.20 Å². The summed E-state index contributed by atoms with van der Waals surface area (Å²) in [5.41, 5.74) is 1.35. The van der Waals surface area contributed by atoms with Crippen LogP contribution in [-0.4, -0.2) is 23.0 Å². The molecule has 1 fully saturated rings. The van der Waals surface area contributed by atoms with Crippen LogP contribution in [0.5, 0.6) is 0 Å². The normalized spacial score (nSPS) is 23.1. The third-order valence-electron chi connectivity index (χ3n) is 4.54. The van der Waals surface area contributed by atoms with Gasteiger partial charge in [0.2, 0.25) is 0 Å². The smallest absolute Gasteiger partial charge is 0.0524 e. The molecule has 1 aliphatic carbocycles. The molecule has 0 spiro atoms. The predicted molar refractivity (Wildman–Crippen MR) is 87.4 cm³/mol. The van der Waals surface area contributed by atoms with Crippen LogP contribution in [0.2, 0.25) is 0 Å². The van der Waals surface area contributed by atoms with Crippen LogP contribution in [0.25, 0.3) is 0 Å². The number of ether oxygens (including phenoxy) is 1. The van der Waals surface area contributed by atoms with E-state index < -0.39 is 0 Å². The summed E-state index contributed by atoms with van der Waals surface area (Å²) in [5.74, 6) is 2.80. The predicted octanol–water partition coefficient (Wildman–Crippen LogP) is 4.49. The molecule has 1 aliphatic rings. The van der Waals surface area contributed by atoms with Gasteiger partial charge in [-0.15, -0.1) is 0 Å². The van der Waals surface area contributed by atoms with Gasteiger partial charge >= 0.3 is 0 Å². The molecule has 1 aromatic heterocycles. The zero-order valence-electron chi connectivity index (χ0n) is 14.2. The molecule has 3 heteroatoms. The summed E-state index contributed by atoms with van der Waals surface area (Å²) in [7, 11) is 0. The molecule has 0 aliphatic heterocycles. The van der Waals surface area contributed by atoms with Gasteiger partial charge < -0.3 is 4.74 Å². The molecule has 0 radical (unpaired) electrons. The second-order valence-electron chi connectivity index (χ2n) is 7.47. The van der Waals surface area contributed by atoms with Crippen molar-refractivity contribution < 1.29 is 4.74 Å². The quantitative estimate of drug-likeness (QED) is 0.740. The maximum atomic E-state index is 5.80. The van der Waals surface area contributed by atoms with E-state index in [9.17, 15) is 0 Å². The van der Waals surface area contributed by atoms with Gasteiger partial charge in [-0.1, -0.05) is 27.7 Å². The van der Waals surface area contributed by atoms with E-state index in [1.807, 2.05) is 6.20 Å². The minimum absolute atomic E-state index is 0.576. The van der Waals surface area contributed by atoms with E-state index in [-0.39, 0.29) is 0 Å². The third kappa shape index (κ3) is 5.46. The fourth-order valence-corrected chi connectivity index (χ4v) is 3.09. The van der Waals surface area contributed by atoms with Crippen molar-refractivity contribution in [1.82, 2.24) is 9.78 Å². The van der Waals surface area contributed by atoms with Crippen molar-refractivity contribution in [3.8, 4) is 0 Å². The first-order chi connectivity index (χ1) is 10.0. The molecular formula is C18H32N2O. The molecule has 0 amide bonds. The molecule has 21 heavy (non-hydrogen) atoms. The SMILES string of the molecule is CC(C)COCC1CCC(Cn2cc(C(C)C)cn2)CC1. The lowest BCUT2D eigenvalue weighted by Crippen LogP contribution is -2.22. The van der Waals surface area contributed by atoms with Crippen LogP contribution < -0.4 is 0 Å². The van der Waals surface area contributed by atoms with Crippen molar-refractivity contribution in [2.24, 2.45) is 17.8 Å². The molecule has 1 saturated carbocycles. The second kappa shape index (κ2) is 7.98. The standard InChI is InChI=1S/C18H32N2O/c1-14(2)12-21-13-17-7-5-16(6-8-17)10-20-11-18(9-19-20)15(3)4/h9,11,14-17H,5-8,10,12-13H2,1-4H3. The lowest BCUT2D eigenvalue weighted by Gasteiger charge is -2.28. The molecule has 1 aromatic rings. The summed E-state index contributed by atoms with van der Waals surface area (Å²) in [6, 6.07) is 0. The summed E-state index contributed by atoms with van der Waals surface area (Å²) in [6.45, 7) is 11.8. The van der Waals surface area contributed by atoms with Gasteiger partial charge in [0.25, 0.3) is 0 Å². The second-order valence-corrected chi connectivity index (χ2v) is 7.47. The molecule has 0 N–H and O–H groups in total. The highest BCUT2D eigenvalue weighted by molar-refractivity contribution is 5.08. The average Bonchev–Trinajstić information content (AvgIpc) is 2.89. The number of hydrogen-bond donors (Lipinski definition) is 0. The van der Waals surface area contributed by atoms with Gasteiger partial charge in [-0.3, -0.25) is 4.68 Å². The van der Waals surface area contributed by atoms with E-state index in [4.69, 9.17) is 4.74 Å². The Morgan fingerprint density at radius 2 is 1.81 bits per heavy atom. The topological polar surface area (TPSA) is 27.1 Å². The molecule has 0 unspecified atom stereocenters. The van der Waals surface area contributed by atoms with Crippen LogP contribution in [0.4, 0.5) is 0 Å². The molecule has 2 rings (SSSR count). The van der Waals surface area contributed by atoms with Crippen LogP contribution in [0.15, 0.2) is 12.4 Å². The Morgan fingerprint density at radius 3 is 2.38 bits per heavy atom. The first kappa shape index (κ1) is 16.5. The van der Waals surface area contributed by atoms with Crippen LogP contribution >= 0.6 is 0 Å². The minimum atomic E-state index is 0.576. The van der Waals surface area contributed by atoms with Crippen LogP contribution in [0.3, 0.4) is 0 Å². The zero-order chi connectivity index (χ0) is 15.2. The monoisotopic (exact) mass is 292 g/mol. The molecule has 1 heterocycles. The summed E-state index contributed by atoms with van der Waals surface area (Å²) in [5, 5.41) is 4.51. The summed E-state index contributed by atoms with van der Waals surface area (Å²) >= 11 is 0. The van der Waals surface area contributed by atoms with Gasteiger partial charge in [0.15, 0.2) is 0 Å².